The van der Waals surface area contributed by atoms with Crippen molar-refractivity contribution in [1.29, 1.82) is 0 Å². The minimum atomic E-state index is -0.116. The van der Waals surface area contributed by atoms with Gasteiger partial charge >= 0.3 is 0 Å². The molecule has 5 heteroatoms. The maximum absolute atomic E-state index is 12.3. The molecule has 5 nitrogen and oxygen atoms in total. The quantitative estimate of drug-likeness (QED) is 0.849. The first-order valence-corrected chi connectivity index (χ1v) is 8.23. The van der Waals surface area contributed by atoms with E-state index in [1.807, 2.05) is 4.90 Å². The zero-order valence-electron chi connectivity index (χ0n) is 13.6. The first-order valence-electron chi connectivity index (χ1n) is 8.23. The van der Waals surface area contributed by atoms with Crippen LogP contribution in [0.1, 0.15) is 45.4 Å². The zero-order valence-corrected chi connectivity index (χ0v) is 13.6. The Morgan fingerprint density at radius 3 is 2.52 bits per heavy atom. The number of hydrogen-bond donors (Lipinski definition) is 1. The van der Waals surface area contributed by atoms with Gasteiger partial charge in [-0.25, -0.2) is 0 Å². The molecule has 2 aliphatic rings. The standard InChI is InChI=1S/C16H29N3O2/c1-12-7-4-5-8-13(12)17-15(20)11-19-10-6-9-14(19)16(21)18(2)3/h12-14H,4-11H2,1-3H3,(H,17,20)/t12-,13-,14-/m1/s1. The van der Waals surface area contributed by atoms with E-state index in [0.717, 1.165) is 25.8 Å². The lowest BCUT2D eigenvalue weighted by Gasteiger charge is -2.31. The zero-order chi connectivity index (χ0) is 15.4. The van der Waals surface area contributed by atoms with Crippen molar-refractivity contribution in [3.63, 3.8) is 0 Å². The number of likely N-dealkylation sites (N-methyl/N-ethyl adjacent to an activating group) is 1. The fraction of sp³-hybridized carbons (Fsp3) is 0.875. The Bertz CT molecular complexity index is 384. The lowest BCUT2D eigenvalue weighted by molar-refractivity contribution is -0.134. The van der Waals surface area contributed by atoms with Crippen LogP contribution in [0.15, 0.2) is 0 Å². The Morgan fingerprint density at radius 1 is 1.14 bits per heavy atom. The summed E-state index contributed by atoms with van der Waals surface area (Å²) < 4.78 is 0. The van der Waals surface area contributed by atoms with Gasteiger partial charge in [0.2, 0.25) is 11.8 Å². The number of carbonyl (C=O) groups is 2. The average Bonchev–Trinajstić information content (AvgIpc) is 2.88. The van der Waals surface area contributed by atoms with Crippen molar-refractivity contribution in [2.75, 3.05) is 27.2 Å². The van der Waals surface area contributed by atoms with Crippen LogP contribution in [0.3, 0.4) is 0 Å². The van der Waals surface area contributed by atoms with Crippen LogP contribution in [0.25, 0.3) is 0 Å². The predicted molar refractivity (Wildman–Crippen MR) is 82.9 cm³/mol. The highest BCUT2D eigenvalue weighted by atomic mass is 16.2. The molecule has 2 rings (SSSR count). The monoisotopic (exact) mass is 295 g/mol. The summed E-state index contributed by atoms with van der Waals surface area (Å²) in [5.41, 5.74) is 0. The van der Waals surface area contributed by atoms with Crippen LogP contribution in [0.5, 0.6) is 0 Å². The average molecular weight is 295 g/mol. The van der Waals surface area contributed by atoms with Gasteiger partial charge in [0.25, 0.3) is 0 Å². The molecule has 1 heterocycles. The summed E-state index contributed by atoms with van der Waals surface area (Å²) in [7, 11) is 3.56. The minimum absolute atomic E-state index is 0.0761. The SMILES string of the molecule is C[C@@H]1CCCC[C@H]1NC(=O)CN1CCC[C@@H]1C(=O)N(C)C. The van der Waals surface area contributed by atoms with Crippen molar-refractivity contribution >= 4 is 11.8 Å². The van der Waals surface area contributed by atoms with Gasteiger partial charge < -0.3 is 10.2 Å². The summed E-state index contributed by atoms with van der Waals surface area (Å²) >= 11 is 0. The van der Waals surface area contributed by atoms with E-state index in [4.69, 9.17) is 0 Å². The highest BCUT2D eigenvalue weighted by Crippen LogP contribution is 2.24. The molecule has 0 aromatic heterocycles. The summed E-state index contributed by atoms with van der Waals surface area (Å²) in [6.07, 6.45) is 6.64. The third kappa shape index (κ3) is 4.19. The van der Waals surface area contributed by atoms with Crippen LogP contribution in [-0.2, 0) is 9.59 Å². The number of nitrogens with zero attached hydrogens (tertiary/aromatic N) is 2. The summed E-state index contributed by atoms with van der Waals surface area (Å²) in [6, 6.07) is 0.200. The Hall–Kier alpha value is -1.10. The van der Waals surface area contributed by atoms with Gasteiger partial charge in [-0.05, 0) is 38.1 Å². The van der Waals surface area contributed by atoms with E-state index >= 15 is 0 Å². The molecule has 1 saturated carbocycles. The van der Waals surface area contributed by atoms with Crippen molar-refractivity contribution in [3.05, 3.63) is 0 Å². The summed E-state index contributed by atoms with van der Waals surface area (Å²) in [4.78, 5) is 28.1. The number of rotatable bonds is 4. The highest BCUT2D eigenvalue weighted by Gasteiger charge is 2.33. The molecule has 3 atom stereocenters. The molecule has 0 aromatic carbocycles. The van der Waals surface area contributed by atoms with E-state index in [1.165, 1.54) is 19.3 Å². The van der Waals surface area contributed by atoms with Gasteiger partial charge in [-0.15, -0.1) is 0 Å². The second kappa shape index (κ2) is 7.25. The Labute approximate surface area is 128 Å². The molecule has 0 aromatic rings. The largest absolute Gasteiger partial charge is 0.352 e. The molecule has 0 unspecified atom stereocenters. The molecule has 1 N–H and O–H groups in total. The van der Waals surface area contributed by atoms with Crippen molar-refractivity contribution in [2.45, 2.75) is 57.5 Å². The fourth-order valence-electron chi connectivity index (χ4n) is 3.56. The molecule has 2 fully saturated rings. The molecule has 1 aliphatic heterocycles. The van der Waals surface area contributed by atoms with E-state index in [1.54, 1.807) is 19.0 Å². The molecule has 21 heavy (non-hydrogen) atoms. The molecular formula is C16H29N3O2. The third-order valence-corrected chi connectivity index (χ3v) is 4.89. The Morgan fingerprint density at radius 2 is 1.86 bits per heavy atom. The van der Waals surface area contributed by atoms with E-state index in [9.17, 15) is 9.59 Å². The molecule has 2 amide bonds. The summed E-state index contributed by atoms with van der Waals surface area (Å²) in [6.45, 7) is 3.42. The predicted octanol–water partition coefficient (Wildman–Crippen LogP) is 1.23. The molecule has 0 radical (unpaired) electrons. The highest BCUT2D eigenvalue weighted by molar-refractivity contribution is 5.83. The van der Waals surface area contributed by atoms with Crippen molar-refractivity contribution in [3.8, 4) is 0 Å². The maximum atomic E-state index is 12.3. The molecule has 0 bridgehead atoms. The van der Waals surface area contributed by atoms with E-state index in [-0.39, 0.29) is 17.9 Å². The van der Waals surface area contributed by atoms with Crippen molar-refractivity contribution in [1.82, 2.24) is 15.1 Å². The topological polar surface area (TPSA) is 52.7 Å². The third-order valence-electron chi connectivity index (χ3n) is 4.89. The molecule has 120 valence electrons. The summed E-state index contributed by atoms with van der Waals surface area (Å²) in [5, 5.41) is 3.18. The molecular weight excluding hydrogens is 266 g/mol. The Kier molecular flexibility index (Phi) is 5.62. The first kappa shape index (κ1) is 16.3. The molecule has 1 aliphatic carbocycles. The number of hydrogen-bond acceptors (Lipinski definition) is 3. The van der Waals surface area contributed by atoms with Gasteiger partial charge in [0.1, 0.15) is 0 Å². The van der Waals surface area contributed by atoms with E-state index in [2.05, 4.69) is 12.2 Å². The number of likely N-dealkylation sites (tertiary alicyclic amines) is 1. The molecule has 0 spiro atoms. The molecule has 1 saturated heterocycles. The number of carbonyl (C=O) groups excluding carboxylic acids is 2. The van der Waals surface area contributed by atoms with Gasteiger partial charge in [0.15, 0.2) is 0 Å². The Balaban J connectivity index is 1.85. The lowest BCUT2D eigenvalue weighted by atomic mass is 9.86. The van der Waals surface area contributed by atoms with Gasteiger partial charge in [-0.3, -0.25) is 14.5 Å². The van der Waals surface area contributed by atoms with Gasteiger partial charge in [-0.1, -0.05) is 19.8 Å². The maximum Gasteiger partial charge on any atom is 0.239 e. The van der Waals surface area contributed by atoms with Crippen LogP contribution in [0.2, 0.25) is 0 Å². The van der Waals surface area contributed by atoms with Crippen LogP contribution in [0.4, 0.5) is 0 Å². The first-order chi connectivity index (χ1) is 9.99. The lowest BCUT2D eigenvalue weighted by Crippen LogP contribution is -2.49. The van der Waals surface area contributed by atoms with Crippen molar-refractivity contribution < 1.29 is 9.59 Å². The van der Waals surface area contributed by atoms with E-state index in [0.29, 0.717) is 18.5 Å². The minimum Gasteiger partial charge on any atom is -0.352 e. The van der Waals surface area contributed by atoms with E-state index < -0.39 is 0 Å². The van der Waals surface area contributed by atoms with Gasteiger partial charge in [-0.2, -0.15) is 0 Å². The second-order valence-corrected chi connectivity index (χ2v) is 6.80. The summed E-state index contributed by atoms with van der Waals surface area (Å²) in [5.74, 6) is 0.763. The van der Waals surface area contributed by atoms with Crippen LogP contribution >= 0.6 is 0 Å². The van der Waals surface area contributed by atoms with Crippen LogP contribution in [0, 0.1) is 5.92 Å². The normalized spacial score (nSPS) is 30.1. The van der Waals surface area contributed by atoms with Crippen LogP contribution in [-0.4, -0.2) is 60.9 Å². The smallest absolute Gasteiger partial charge is 0.239 e. The van der Waals surface area contributed by atoms with Gasteiger partial charge in [0, 0.05) is 20.1 Å². The second-order valence-electron chi connectivity index (χ2n) is 6.80. The van der Waals surface area contributed by atoms with Crippen LogP contribution < -0.4 is 5.32 Å². The number of nitrogens with one attached hydrogen (secondary N) is 1. The number of amides is 2. The van der Waals surface area contributed by atoms with Gasteiger partial charge in [0.05, 0.1) is 12.6 Å². The fourth-order valence-corrected chi connectivity index (χ4v) is 3.56. The van der Waals surface area contributed by atoms with Crippen molar-refractivity contribution in [2.24, 2.45) is 5.92 Å².